The molecule has 1 atom stereocenters. The van der Waals surface area contributed by atoms with E-state index in [2.05, 4.69) is 20.9 Å². The van der Waals surface area contributed by atoms with Gasteiger partial charge in [-0.15, -0.1) is 0 Å². The van der Waals surface area contributed by atoms with Crippen molar-refractivity contribution in [1.82, 2.24) is 4.98 Å². The molecule has 1 aromatic heterocycles. The second-order valence-corrected chi connectivity index (χ2v) is 7.82. The Kier molecular flexibility index (Phi) is 4.09. The Morgan fingerprint density at radius 2 is 2.11 bits per heavy atom. The minimum Gasteiger partial charge on any atom is -0.507 e. The Morgan fingerprint density at radius 3 is 2.93 bits per heavy atom. The fourth-order valence-electron chi connectivity index (χ4n) is 4.01. The number of hydrogen-bond acceptors (Lipinski definition) is 4. The zero-order chi connectivity index (χ0) is 19.3. The molecule has 2 aliphatic rings. The quantitative estimate of drug-likeness (QED) is 0.669. The molecule has 0 radical (unpaired) electrons. The minimum atomic E-state index is -0.569. The predicted octanol–water partition coefficient (Wildman–Crippen LogP) is 4.16. The van der Waals surface area contributed by atoms with Crippen LogP contribution in [0.5, 0.6) is 11.5 Å². The Hall–Kier alpha value is -2.86. The van der Waals surface area contributed by atoms with Gasteiger partial charge in [-0.2, -0.15) is 0 Å². The number of phenolic OH excluding ortho intramolecular Hbond substituents is 1. The Balaban J connectivity index is 1.63. The summed E-state index contributed by atoms with van der Waals surface area (Å²) in [6, 6.07) is 15.0. The molecule has 6 heteroatoms. The van der Waals surface area contributed by atoms with Crippen LogP contribution in [0.3, 0.4) is 0 Å². The molecule has 0 bridgehead atoms. The molecule has 0 spiro atoms. The molecule has 2 aromatic carbocycles. The third kappa shape index (κ3) is 2.67. The van der Waals surface area contributed by atoms with Crippen LogP contribution in [0.15, 0.2) is 59.2 Å². The van der Waals surface area contributed by atoms with Crippen LogP contribution in [0.1, 0.15) is 28.3 Å². The Morgan fingerprint density at radius 1 is 1.21 bits per heavy atom. The number of benzene rings is 2. The van der Waals surface area contributed by atoms with Gasteiger partial charge in [-0.1, -0.05) is 28.1 Å². The van der Waals surface area contributed by atoms with Crippen molar-refractivity contribution in [3.63, 3.8) is 0 Å². The van der Waals surface area contributed by atoms with Crippen molar-refractivity contribution >= 4 is 27.5 Å². The van der Waals surface area contributed by atoms with E-state index in [0.29, 0.717) is 24.5 Å². The van der Waals surface area contributed by atoms with Crippen molar-refractivity contribution in [1.29, 1.82) is 0 Å². The van der Waals surface area contributed by atoms with E-state index in [4.69, 9.17) is 4.74 Å². The van der Waals surface area contributed by atoms with Gasteiger partial charge in [0, 0.05) is 40.0 Å². The lowest BCUT2D eigenvalue weighted by molar-refractivity contribution is -0.118. The summed E-state index contributed by atoms with van der Waals surface area (Å²) in [6.45, 7) is 0.983. The maximum Gasteiger partial charge on any atom is 0.239 e. The van der Waals surface area contributed by atoms with E-state index in [-0.39, 0.29) is 11.7 Å². The summed E-state index contributed by atoms with van der Waals surface area (Å²) >= 11 is 3.61. The molecule has 0 fully saturated rings. The number of carbonyl (C=O) groups is 1. The first-order valence-electron chi connectivity index (χ1n) is 9.12. The van der Waals surface area contributed by atoms with Crippen LogP contribution < -0.4 is 9.64 Å². The van der Waals surface area contributed by atoms with Crippen LogP contribution in [-0.4, -0.2) is 22.6 Å². The number of hydrogen-bond donors (Lipinski definition) is 1. The number of halogens is 1. The largest absolute Gasteiger partial charge is 0.507 e. The normalized spacial score (nSPS) is 17.4. The molecule has 1 amide bonds. The van der Waals surface area contributed by atoms with Crippen molar-refractivity contribution < 1.29 is 14.6 Å². The van der Waals surface area contributed by atoms with E-state index in [9.17, 15) is 9.90 Å². The predicted molar refractivity (Wildman–Crippen MR) is 109 cm³/mol. The van der Waals surface area contributed by atoms with Crippen LogP contribution in [0.2, 0.25) is 0 Å². The maximum absolute atomic E-state index is 13.5. The number of carbonyl (C=O) groups excluding carboxylic acids is 1. The summed E-state index contributed by atoms with van der Waals surface area (Å²) < 4.78 is 6.39. The zero-order valence-electron chi connectivity index (χ0n) is 14.9. The van der Waals surface area contributed by atoms with E-state index in [0.717, 1.165) is 33.4 Å². The second-order valence-electron chi connectivity index (χ2n) is 6.97. The molecule has 5 nitrogen and oxygen atoms in total. The first-order chi connectivity index (χ1) is 13.6. The third-order valence-corrected chi connectivity index (χ3v) is 6.01. The number of pyridine rings is 1. The van der Waals surface area contributed by atoms with Gasteiger partial charge >= 0.3 is 0 Å². The average Bonchev–Trinajstić information content (AvgIpc) is 3.25. The summed E-state index contributed by atoms with van der Waals surface area (Å²) in [5.74, 6) is 0.145. The highest BCUT2D eigenvalue weighted by Crippen LogP contribution is 2.48. The van der Waals surface area contributed by atoms with Crippen LogP contribution in [0.4, 0.5) is 5.69 Å². The van der Waals surface area contributed by atoms with Crippen molar-refractivity contribution in [3.05, 3.63) is 81.6 Å². The minimum absolute atomic E-state index is 0.0679. The zero-order valence-corrected chi connectivity index (χ0v) is 16.5. The first kappa shape index (κ1) is 17.3. The van der Waals surface area contributed by atoms with Gasteiger partial charge in [-0.25, -0.2) is 0 Å². The van der Waals surface area contributed by atoms with Crippen molar-refractivity contribution in [2.45, 2.75) is 18.9 Å². The molecule has 3 aromatic rings. The summed E-state index contributed by atoms with van der Waals surface area (Å²) in [5.41, 5.74) is 4.17. The SMILES string of the molecule is O=C1C(c2cc3c(cc2O)OCC3)c2c(Br)cccc2N1Cc1ccccn1. The fraction of sp³-hybridized carbons (Fsp3) is 0.182. The average molecular weight is 437 g/mol. The number of aromatic hydroxyl groups is 1. The molecule has 0 saturated heterocycles. The van der Waals surface area contributed by atoms with E-state index >= 15 is 0 Å². The second kappa shape index (κ2) is 6.63. The van der Waals surface area contributed by atoms with Crippen LogP contribution in [0, 0.1) is 0 Å². The lowest BCUT2D eigenvalue weighted by Gasteiger charge is -2.18. The molecule has 5 rings (SSSR count). The number of anilines is 1. The standard InChI is InChI=1S/C22H17BrN2O3/c23-16-5-3-6-17-21(16)20(15-10-13-7-9-28-19(13)11-18(15)26)22(27)25(17)12-14-4-1-2-8-24-14/h1-6,8,10-11,20,26H,7,9,12H2. The Bertz CT molecular complexity index is 1080. The van der Waals surface area contributed by atoms with Gasteiger partial charge in [-0.3, -0.25) is 9.78 Å². The van der Waals surface area contributed by atoms with Gasteiger partial charge in [0.15, 0.2) is 0 Å². The molecule has 0 saturated carbocycles. The van der Waals surface area contributed by atoms with Crippen LogP contribution in [0.25, 0.3) is 0 Å². The highest BCUT2D eigenvalue weighted by Gasteiger charge is 2.41. The monoisotopic (exact) mass is 436 g/mol. The van der Waals surface area contributed by atoms with E-state index in [1.165, 1.54) is 0 Å². The van der Waals surface area contributed by atoms with Crippen molar-refractivity contribution in [3.8, 4) is 11.5 Å². The van der Waals surface area contributed by atoms with Gasteiger partial charge in [0.2, 0.25) is 5.91 Å². The molecule has 3 heterocycles. The molecular weight excluding hydrogens is 420 g/mol. The van der Waals surface area contributed by atoms with Gasteiger partial charge in [0.25, 0.3) is 0 Å². The highest BCUT2D eigenvalue weighted by atomic mass is 79.9. The van der Waals surface area contributed by atoms with Crippen molar-refractivity contribution in [2.75, 3.05) is 11.5 Å². The van der Waals surface area contributed by atoms with Gasteiger partial charge in [-0.05, 0) is 35.9 Å². The maximum atomic E-state index is 13.5. The topological polar surface area (TPSA) is 62.7 Å². The fourth-order valence-corrected chi connectivity index (χ4v) is 4.60. The Labute approximate surface area is 170 Å². The number of aromatic nitrogens is 1. The lowest BCUT2D eigenvalue weighted by atomic mass is 9.90. The molecule has 0 aliphatic carbocycles. The van der Waals surface area contributed by atoms with E-state index < -0.39 is 5.92 Å². The molecule has 2 aliphatic heterocycles. The number of phenols is 1. The summed E-state index contributed by atoms with van der Waals surface area (Å²) in [6.07, 6.45) is 2.51. The first-order valence-corrected chi connectivity index (χ1v) is 9.91. The number of nitrogens with zero attached hydrogens (tertiary/aromatic N) is 2. The third-order valence-electron chi connectivity index (χ3n) is 5.32. The smallest absolute Gasteiger partial charge is 0.239 e. The molecule has 1 unspecified atom stereocenters. The number of rotatable bonds is 3. The van der Waals surface area contributed by atoms with Gasteiger partial charge in [0.1, 0.15) is 11.5 Å². The van der Waals surface area contributed by atoms with Gasteiger partial charge in [0.05, 0.1) is 24.8 Å². The van der Waals surface area contributed by atoms with Crippen LogP contribution >= 0.6 is 15.9 Å². The number of amides is 1. The van der Waals surface area contributed by atoms with Gasteiger partial charge < -0.3 is 14.7 Å². The van der Waals surface area contributed by atoms with E-state index in [1.807, 2.05) is 42.5 Å². The molecular formula is C22H17BrN2O3. The van der Waals surface area contributed by atoms with E-state index in [1.54, 1.807) is 17.2 Å². The highest BCUT2D eigenvalue weighted by molar-refractivity contribution is 9.10. The van der Waals surface area contributed by atoms with Crippen molar-refractivity contribution in [2.24, 2.45) is 0 Å². The summed E-state index contributed by atoms with van der Waals surface area (Å²) in [7, 11) is 0. The summed E-state index contributed by atoms with van der Waals surface area (Å²) in [5, 5.41) is 10.7. The number of fused-ring (bicyclic) bond motifs is 2. The molecule has 1 N–H and O–H groups in total. The molecule has 140 valence electrons. The van der Waals surface area contributed by atoms with Crippen LogP contribution in [-0.2, 0) is 17.8 Å². The molecule has 28 heavy (non-hydrogen) atoms. The lowest BCUT2D eigenvalue weighted by Crippen LogP contribution is -2.29. The number of ether oxygens (including phenoxy) is 1. The summed E-state index contributed by atoms with van der Waals surface area (Å²) in [4.78, 5) is 19.6.